The Bertz CT molecular complexity index is 613. The number of pyridine rings is 1. The summed E-state index contributed by atoms with van der Waals surface area (Å²) in [5.41, 5.74) is 2.16. The van der Waals surface area contributed by atoms with Gasteiger partial charge in [-0.2, -0.15) is 0 Å². The summed E-state index contributed by atoms with van der Waals surface area (Å²) < 4.78 is 0. The van der Waals surface area contributed by atoms with Crippen LogP contribution in [0.3, 0.4) is 0 Å². The Morgan fingerprint density at radius 3 is 2.76 bits per heavy atom. The molecule has 0 bridgehead atoms. The van der Waals surface area contributed by atoms with E-state index in [0.717, 1.165) is 29.4 Å². The van der Waals surface area contributed by atoms with Crippen molar-refractivity contribution in [1.82, 2.24) is 19.9 Å². The molecule has 110 valence electrons. The fourth-order valence-electron chi connectivity index (χ4n) is 2.86. The van der Waals surface area contributed by atoms with E-state index in [1.165, 1.54) is 19.4 Å². The molecule has 3 rings (SSSR count). The highest BCUT2D eigenvalue weighted by Gasteiger charge is 2.23. The van der Waals surface area contributed by atoms with E-state index in [9.17, 15) is 0 Å². The standard InChI is InChI=1S/C16H21N5/c1-12-5-3-7-18-15(12)20-16-14(17-8-9-19-16)13-6-4-10-21(2)11-13/h3,5,7-9,13H,4,6,10-11H2,1-2H3,(H,18,19,20). The van der Waals surface area contributed by atoms with Crippen LogP contribution in [0.15, 0.2) is 30.7 Å². The van der Waals surface area contributed by atoms with E-state index in [-0.39, 0.29) is 0 Å². The lowest BCUT2D eigenvalue weighted by molar-refractivity contribution is 0.248. The van der Waals surface area contributed by atoms with Crippen LogP contribution in [0.25, 0.3) is 0 Å². The second kappa shape index (κ2) is 6.18. The Labute approximate surface area is 125 Å². The molecule has 2 aromatic rings. The van der Waals surface area contributed by atoms with Crippen LogP contribution in [0.5, 0.6) is 0 Å². The van der Waals surface area contributed by atoms with Crippen molar-refractivity contribution in [2.24, 2.45) is 0 Å². The summed E-state index contributed by atoms with van der Waals surface area (Å²) >= 11 is 0. The molecule has 0 saturated carbocycles. The largest absolute Gasteiger partial charge is 0.323 e. The molecular weight excluding hydrogens is 262 g/mol. The van der Waals surface area contributed by atoms with Gasteiger partial charge in [-0.15, -0.1) is 0 Å². The van der Waals surface area contributed by atoms with Gasteiger partial charge in [0.15, 0.2) is 5.82 Å². The molecule has 1 unspecified atom stereocenters. The number of rotatable bonds is 3. The Hall–Kier alpha value is -2.01. The van der Waals surface area contributed by atoms with Gasteiger partial charge >= 0.3 is 0 Å². The van der Waals surface area contributed by atoms with Gasteiger partial charge in [-0.1, -0.05) is 6.07 Å². The summed E-state index contributed by atoms with van der Waals surface area (Å²) in [4.78, 5) is 15.8. The summed E-state index contributed by atoms with van der Waals surface area (Å²) in [7, 11) is 2.17. The van der Waals surface area contributed by atoms with Gasteiger partial charge in [0.2, 0.25) is 0 Å². The first-order valence-corrected chi connectivity index (χ1v) is 7.42. The van der Waals surface area contributed by atoms with E-state index >= 15 is 0 Å². The predicted octanol–water partition coefficient (Wildman–Crippen LogP) is 2.73. The van der Waals surface area contributed by atoms with Gasteiger partial charge in [0.1, 0.15) is 5.82 Å². The Kier molecular flexibility index (Phi) is 4.10. The van der Waals surface area contributed by atoms with Crippen molar-refractivity contribution in [3.8, 4) is 0 Å². The SMILES string of the molecule is Cc1cccnc1Nc1nccnc1C1CCCN(C)C1. The van der Waals surface area contributed by atoms with Crippen LogP contribution in [-0.2, 0) is 0 Å². The summed E-state index contributed by atoms with van der Waals surface area (Å²) in [6, 6.07) is 3.98. The number of nitrogens with one attached hydrogen (secondary N) is 1. The highest BCUT2D eigenvalue weighted by Crippen LogP contribution is 2.30. The first-order valence-electron chi connectivity index (χ1n) is 7.42. The molecule has 0 spiro atoms. The Balaban J connectivity index is 1.87. The van der Waals surface area contributed by atoms with Gasteiger partial charge in [-0.25, -0.2) is 9.97 Å². The first-order chi connectivity index (χ1) is 10.2. The minimum absolute atomic E-state index is 0.434. The normalized spacial score (nSPS) is 19.4. The fraction of sp³-hybridized carbons (Fsp3) is 0.438. The van der Waals surface area contributed by atoms with Crippen molar-refractivity contribution in [3.05, 3.63) is 42.0 Å². The molecule has 0 amide bonds. The van der Waals surface area contributed by atoms with Crippen LogP contribution >= 0.6 is 0 Å². The van der Waals surface area contributed by atoms with Crippen molar-refractivity contribution < 1.29 is 0 Å². The number of piperidine rings is 1. The molecule has 0 aromatic carbocycles. The summed E-state index contributed by atoms with van der Waals surface area (Å²) in [6.45, 7) is 4.24. The molecule has 3 heterocycles. The molecule has 1 saturated heterocycles. The van der Waals surface area contributed by atoms with Crippen LogP contribution in [0.1, 0.15) is 30.0 Å². The second-order valence-electron chi connectivity index (χ2n) is 5.69. The average molecular weight is 283 g/mol. The third-order valence-corrected chi connectivity index (χ3v) is 3.98. The molecule has 0 radical (unpaired) electrons. The third-order valence-electron chi connectivity index (χ3n) is 3.98. The summed E-state index contributed by atoms with van der Waals surface area (Å²) in [5, 5.41) is 3.35. The molecule has 1 N–H and O–H groups in total. The molecule has 1 fully saturated rings. The minimum atomic E-state index is 0.434. The average Bonchev–Trinajstić information content (AvgIpc) is 2.50. The van der Waals surface area contributed by atoms with Gasteiger partial charge in [0.05, 0.1) is 5.69 Å². The van der Waals surface area contributed by atoms with Gasteiger partial charge in [-0.05, 0) is 45.0 Å². The lowest BCUT2D eigenvalue weighted by Gasteiger charge is -2.30. The van der Waals surface area contributed by atoms with Crippen molar-refractivity contribution in [3.63, 3.8) is 0 Å². The molecule has 2 aromatic heterocycles. The van der Waals surface area contributed by atoms with E-state index in [2.05, 4.69) is 32.2 Å². The van der Waals surface area contributed by atoms with Crippen LogP contribution < -0.4 is 5.32 Å². The van der Waals surface area contributed by atoms with Crippen molar-refractivity contribution >= 4 is 11.6 Å². The van der Waals surface area contributed by atoms with Crippen molar-refractivity contribution in [2.45, 2.75) is 25.7 Å². The lowest BCUT2D eigenvalue weighted by Crippen LogP contribution is -2.31. The molecule has 5 nitrogen and oxygen atoms in total. The van der Waals surface area contributed by atoms with Crippen molar-refractivity contribution in [2.75, 3.05) is 25.5 Å². The summed E-state index contributed by atoms with van der Waals surface area (Å²) in [6.07, 6.45) is 7.68. The number of aromatic nitrogens is 3. The van der Waals surface area contributed by atoms with Crippen LogP contribution in [0.2, 0.25) is 0 Å². The number of hydrogen-bond donors (Lipinski definition) is 1. The molecule has 0 aliphatic carbocycles. The Morgan fingerprint density at radius 2 is 1.95 bits per heavy atom. The summed E-state index contributed by atoms with van der Waals surface area (Å²) in [5.74, 6) is 2.12. The first kappa shape index (κ1) is 13.9. The number of anilines is 2. The van der Waals surface area contributed by atoms with Gasteiger partial charge in [0, 0.05) is 31.1 Å². The molecule has 1 atom stereocenters. The Morgan fingerprint density at radius 1 is 1.14 bits per heavy atom. The zero-order chi connectivity index (χ0) is 14.7. The maximum absolute atomic E-state index is 4.58. The zero-order valence-corrected chi connectivity index (χ0v) is 12.6. The number of likely N-dealkylation sites (tertiary alicyclic amines) is 1. The molecule has 21 heavy (non-hydrogen) atoms. The molecular formula is C16H21N5. The van der Waals surface area contributed by atoms with E-state index in [1.807, 2.05) is 19.1 Å². The molecule has 1 aliphatic rings. The van der Waals surface area contributed by atoms with E-state index < -0.39 is 0 Å². The lowest BCUT2D eigenvalue weighted by atomic mass is 9.94. The number of aryl methyl sites for hydroxylation is 1. The van der Waals surface area contributed by atoms with E-state index in [4.69, 9.17) is 0 Å². The smallest absolute Gasteiger partial charge is 0.153 e. The second-order valence-corrected chi connectivity index (χ2v) is 5.69. The van der Waals surface area contributed by atoms with E-state index in [1.54, 1.807) is 18.6 Å². The highest BCUT2D eigenvalue weighted by atomic mass is 15.1. The molecule has 5 heteroatoms. The topological polar surface area (TPSA) is 53.9 Å². The molecule has 1 aliphatic heterocycles. The third kappa shape index (κ3) is 3.19. The van der Waals surface area contributed by atoms with Crippen LogP contribution in [0, 0.1) is 6.92 Å². The zero-order valence-electron chi connectivity index (χ0n) is 12.6. The number of nitrogens with zero attached hydrogens (tertiary/aromatic N) is 4. The number of hydrogen-bond acceptors (Lipinski definition) is 5. The van der Waals surface area contributed by atoms with Gasteiger partial charge in [0.25, 0.3) is 0 Å². The van der Waals surface area contributed by atoms with E-state index in [0.29, 0.717) is 5.92 Å². The number of likely N-dealkylation sites (N-methyl/N-ethyl adjacent to an activating group) is 1. The minimum Gasteiger partial charge on any atom is -0.323 e. The van der Waals surface area contributed by atoms with Crippen molar-refractivity contribution in [1.29, 1.82) is 0 Å². The maximum atomic E-state index is 4.58. The quantitative estimate of drug-likeness (QED) is 0.938. The maximum Gasteiger partial charge on any atom is 0.153 e. The van der Waals surface area contributed by atoms with Gasteiger partial charge < -0.3 is 10.2 Å². The highest BCUT2D eigenvalue weighted by molar-refractivity contribution is 5.57. The fourth-order valence-corrected chi connectivity index (χ4v) is 2.86. The predicted molar refractivity (Wildman–Crippen MR) is 83.8 cm³/mol. The van der Waals surface area contributed by atoms with Crippen LogP contribution in [0.4, 0.5) is 11.6 Å². The monoisotopic (exact) mass is 283 g/mol. The van der Waals surface area contributed by atoms with Crippen LogP contribution in [-0.4, -0.2) is 40.0 Å². The van der Waals surface area contributed by atoms with Gasteiger partial charge in [-0.3, -0.25) is 4.98 Å².